The Morgan fingerprint density at radius 1 is 1.03 bits per heavy atom. The van der Waals surface area contributed by atoms with Crippen molar-refractivity contribution in [2.45, 2.75) is 13.3 Å². The summed E-state index contributed by atoms with van der Waals surface area (Å²) in [6.07, 6.45) is 3.75. The van der Waals surface area contributed by atoms with Gasteiger partial charge in [0.15, 0.2) is 11.5 Å². The zero-order valence-electron chi connectivity index (χ0n) is 18.2. The molecule has 0 aliphatic heterocycles. The molecule has 0 saturated heterocycles. The van der Waals surface area contributed by atoms with Gasteiger partial charge in [0.1, 0.15) is 5.52 Å². The van der Waals surface area contributed by atoms with Crippen molar-refractivity contribution >= 4 is 45.0 Å². The fraction of sp³-hybridized carbons (Fsp3) is 0.0800. The van der Waals surface area contributed by atoms with E-state index < -0.39 is 0 Å². The number of hydrogen-bond acceptors (Lipinski definition) is 6. The van der Waals surface area contributed by atoms with E-state index in [1.54, 1.807) is 23.7 Å². The first kappa shape index (κ1) is 20.3. The normalized spacial score (nSPS) is 11.3. The Hall–Kier alpha value is -4.37. The Morgan fingerprint density at radius 3 is 2.82 bits per heavy atom. The topological polar surface area (TPSA) is 112 Å². The molecular weight excluding hydrogens is 446 g/mol. The highest BCUT2D eigenvalue weighted by Crippen LogP contribution is 2.33. The molecule has 34 heavy (non-hydrogen) atoms. The maximum absolute atomic E-state index is 11.8. The molecule has 9 heteroatoms. The van der Waals surface area contributed by atoms with Gasteiger partial charge in [-0.05, 0) is 35.7 Å². The molecule has 6 rings (SSSR count). The number of carbonyl (C=O) groups is 1. The maximum atomic E-state index is 11.8. The predicted molar refractivity (Wildman–Crippen MR) is 134 cm³/mol. The Bertz CT molecular complexity index is 1650. The van der Waals surface area contributed by atoms with Crippen molar-refractivity contribution in [3.05, 3.63) is 66.3 Å². The van der Waals surface area contributed by atoms with E-state index in [1.807, 2.05) is 43.3 Å². The fourth-order valence-corrected chi connectivity index (χ4v) is 4.65. The van der Waals surface area contributed by atoms with E-state index in [2.05, 4.69) is 43.0 Å². The number of aromatic nitrogens is 6. The highest BCUT2D eigenvalue weighted by molar-refractivity contribution is 7.13. The number of carbonyl (C=O) groups excluding carboxylic acids is 1. The van der Waals surface area contributed by atoms with Gasteiger partial charge in [-0.1, -0.05) is 25.1 Å². The van der Waals surface area contributed by atoms with Crippen molar-refractivity contribution in [3.63, 3.8) is 0 Å². The van der Waals surface area contributed by atoms with Crippen molar-refractivity contribution in [2.75, 3.05) is 5.32 Å². The standard InChI is InChI=1S/C25H19N7OS/c1-2-21(33)27-15-11-14(12-26-13-15)17-8-9-19-23(28-17)24(32-31-19)25-29-18-6-3-5-16(22(18)30-25)20-7-4-10-34-20/h3-13H,2H2,1H3,(H,27,33)(H,29,30)(H,31,32). The summed E-state index contributed by atoms with van der Waals surface area (Å²) in [5, 5.41) is 12.5. The van der Waals surface area contributed by atoms with Crippen LogP contribution in [0, 0.1) is 0 Å². The van der Waals surface area contributed by atoms with E-state index in [4.69, 9.17) is 9.97 Å². The lowest BCUT2D eigenvalue weighted by Crippen LogP contribution is -2.09. The van der Waals surface area contributed by atoms with E-state index in [-0.39, 0.29) is 5.91 Å². The Balaban J connectivity index is 1.43. The van der Waals surface area contributed by atoms with Gasteiger partial charge in [-0.15, -0.1) is 11.3 Å². The molecule has 0 bridgehead atoms. The molecule has 3 N–H and O–H groups in total. The number of anilines is 1. The number of nitrogens with one attached hydrogen (secondary N) is 3. The van der Waals surface area contributed by atoms with Crippen LogP contribution < -0.4 is 5.32 Å². The lowest BCUT2D eigenvalue weighted by molar-refractivity contribution is -0.115. The molecule has 0 aliphatic rings. The number of amides is 1. The van der Waals surface area contributed by atoms with Crippen LogP contribution in [0.2, 0.25) is 0 Å². The predicted octanol–water partition coefficient (Wildman–Crippen LogP) is 5.64. The smallest absolute Gasteiger partial charge is 0.224 e. The van der Waals surface area contributed by atoms with Crippen LogP contribution in [0.1, 0.15) is 13.3 Å². The van der Waals surface area contributed by atoms with Gasteiger partial charge < -0.3 is 10.3 Å². The summed E-state index contributed by atoms with van der Waals surface area (Å²) in [5.41, 5.74) is 7.25. The molecule has 0 unspecified atom stereocenters. The number of hydrogen-bond donors (Lipinski definition) is 3. The molecule has 0 atom stereocenters. The summed E-state index contributed by atoms with van der Waals surface area (Å²) in [4.78, 5) is 30.3. The molecule has 0 radical (unpaired) electrons. The van der Waals surface area contributed by atoms with Crippen LogP contribution in [-0.4, -0.2) is 36.0 Å². The summed E-state index contributed by atoms with van der Waals surface area (Å²) < 4.78 is 0. The number of rotatable bonds is 5. The lowest BCUT2D eigenvalue weighted by Gasteiger charge is -2.06. The van der Waals surface area contributed by atoms with Crippen LogP contribution in [0.5, 0.6) is 0 Å². The first-order valence-electron chi connectivity index (χ1n) is 10.8. The van der Waals surface area contributed by atoms with Gasteiger partial charge in [0.25, 0.3) is 0 Å². The van der Waals surface area contributed by atoms with E-state index in [1.165, 1.54) is 4.88 Å². The van der Waals surface area contributed by atoms with Gasteiger partial charge in [-0.25, -0.2) is 9.97 Å². The van der Waals surface area contributed by atoms with Gasteiger partial charge in [-0.3, -0.25) is 14.9 Å². The molecule has 0 aliphatic carbocycles. The number of pyridine rings is 2. The first-order valence-corrected chi connectivity index (χ1v) is 11.7. The van der Waals surface area contributed by atoms with Crippen molar-refractivity contribution in [1.29, 1.82) is 0 Å². The number of imidazole rings is 1. The molecule has 8 nitrogen and oxygen atoms in total. The molecule has 6 aromatic rings. The number of benzene rings is 1. The average molecular weight is 466 g/mol. The third kappa shape index (κ3) is 3.52. The Morgan fingerprint density at radius 2 is 1.97 bits per heavy atom. The number of thiophene rings is 1. The largest absolute Gasteiger partial charge is 0.336 e. The van der Waals surface area contributed by atoms with Crippen molar-refractivity contribution in [2.24, 2.45) is 0 Å². The lowest BCUT2D eigenvalue weighted by atomic mass is 10.1. The van der Waals surface area contributed by atoms with Crippen molar-refractivity contribution in [1.82, 2.24) is 30.1 Å². The highest BCUT2D eigenvalue weighted by atomic mass is 32.1. The third-order valence-electron chi connectivity index (χ3n) is 5.57. The molecule has 1 amide bonds. The van der Waals surface area contributed by atoms with Crippen LogP contribution in [0.15, 0.2) is 66.3 Å². The number of aromatic amines is 2. The highest BCUT2D eigenvalue weighted by Gasteiger charge is 2.17. The Labute approximate surface area is 198 Å². The summed E-state index contributed by atoms with van der Waals surface area (Å²) in [5.74, 6) is 0.586. The van der Waals surface area contributed by atoms with Crippen molar-refractivity contribution < 1.29 is 4.79 Å². The molecule has 5 heterocycles. The minimum absolute atomic E-state index is 0.0636. The van der Waals surface area contributed by atoms with Gasteiger partial charge in [0.2, 0.25) is 5.91 Å². The summed E-state index contributed by atoms with van der Waals surface area (Å²) in [7, 11) is 0. The molecule has 166 valence electrons. The van der Waals surface area contributed by atoms with Crippen LogP contribution in [0.3, 0.4) is 0 Å². The van der Waals surface area contributed by atoms with Crippen LogP contribution in [-0.2, 0) is 4.79 Å². The van der Waals surface area contributed by atoms with E-state index >= 15 is 0 Å². The molecular formula is C25H19N7OS. The zero-order valence-corrected chi connectivity index (χ0v) is 19.0. The van der Waals surface area contributed by atoms with Crippen LogP contribution in [0.25, 0.3) is 55.3 Å². The summed E-state index contributed by atoms with van der Waals surface area (Å²) in [6, 6.07) is 15.9. The fourth-order valence-electron chi connectivity index (χ4n) is 3.90. The second-order valence-corrected chi connectivity index (χ2v) is 8.74. The molecule has 5 aromatic heterocycles. The molecule has 0 saturated carbocycles. The van der Waals surface area contributed by atoms with Crippen LogP contribution in [0.4, 0.5) is 5.69 Å². The average Bonchev–Trinajstić information content (AvgIpc) is 3.62. The number of fused-ring (bicyclic) bond motifs is 2. The maximum Gasteiger partial charge on any atom is 0.224 e. The first-order chi connectivity index (χ1) is 16.7. The summed E-state index contributed by atoms with van der Waals surface area (Å²) in [6.45, 7) is 1.81. The van der Waals surface area contributed by atoms with Crippen molar-refractivity contribution in [3.8, 4) is 33.2 Å². The summed E-state index contributed by atoms with van der Waals surface area (Å²) >= 11 is 1.69. The molecule has 1 aromatic carbocycles. The van der Waals surface area contributed by atoms with Gasteiger partial charge in [0, 0.05) is 28.6 Å². The zero-order chi connectivity index (χ0) is 23.1. The Kier molecular flexibility index (Phi) is 4.88. The van der Waals surface area contributed by atoms with E-state index in [0.717, 1.165) is 33.4 Å². The minimum Gasteiger partial charge on any atom is -0.336 e. The van der Waals surface area contributed by atoms with Crippen LogP contribution >= 0.6 is 11.3 Å². The second kappa shape index (κ2) is 8.20. The molecule has 0 spiro atoms. The van der Waals surface area contributed by atoms with Gasteiger partial charge in [-0.2, -0.15) is 5.10 Å². The SMILES string of the molecule is CCC(=O)Nc1cncc(-c2ccc3[nH]nc(-c4nc5c(-c6cccs6)cccc5[nH]4)c3n2)c1. The van der Waals surface area contributed by atoms with E-state index in [9.17, 15) is 4.79 Å². The minimum atomic E-state index is -0.0636. The molecule has 0 fully saturated rings. The van der Waals surface area contributed by atoms with E-state index in [0.29, 0.717) is 29.1 Å². The number of H-pyrrole nitrogens is 2. The second-order valence-electron chi connectivity index (χ2n) is 7.79. The third-order valence-corrected chi connectivity index (χ3v) is 6.47. The van der Waals surface area contributed by atoms with Gasteiger partial charge >= 0.3 is 0 Å². The number of para-hydroxylation sites is 1. The quantitative estimate of drug-likeness (QED) is 0.305. The van der Waals surface area contributed by atoms with Gasteiger partial charge in [0.05, 0.1) is 34.1 Å². The monoisotopic (exact) mass is 465 g/mol. The number of nitrogens with zero attached hydrogens (tertiary/aromatic N) is 4.